The summed E-state index contributed by atoms with van der Waals surface area (Å²) in [7, 11) is 0. The SMILES string of the molecule is Cc1cc(N2CCN(c3ncccn3)CC2)nc(Nc2cccc(C)c2C)n1. The number of hydrogen-bond donors (Lipinski definition) is 1. The van der Waals surface area contributed by atoms with Crippen LogP contribution >= 0.6 is 0 Å². The van der Waals surface area contributed by atoms with E-state index in [1.807, 2.05) is 25.1 Å². The molecule has 1 aromatic carbocycles. The number of nitrogens with zero attached hydrogens (tertiary/aromatic N) is 6. The molecule has 3 heterocycles. The molecule has 1 fully saturated rings. The maximum atomic E-state index is 4.78. The van der Waals surface area contributed by atoms with E-state index < -0.39 is 0 Å². The fourth-order valence-corrected chi connectivity index (χ4v) is 3.37. The minimum Gasteiger partial charge on any atom is -0.353 e. The van der Waals surface area contributed by atoms with Gasteiger partial charge in [0.15, 0.2) is 0 Å². The third kappa shape index (κ3) is 3.88. The van der Waals surface area contributed by atoms with Crippen LogP contribution in [-0.2, 0) is 0 Å². The fraction of sp³-hybridized carbons (Fsp3) is 0.333. The van der Waals surface area contributed by atoms with Crippen LogP contribution in [0.5, 0.6) is 0 Å². The molecule has 28 heavy (non-hydrogen) atoms. The number of benzene rings is 1. The zero-order valence-electron chi connectivity index (χ0n) is 16.6. The summed E-state index contributed by atoms with van der Waals surface area (Å²) >= 11 is 0. The maximum absolute atomic E-state index is 4.78. The molecular weight excluding hydrogens is 350 g/mol. The van der Waals surface area contributed by atoms with Crippen LogP contribution in [0.1, 0.15) is 16.8 Å². The highest BCUT2D eigenvalue weighted by molar-refractivity contribution is 5.61. The monoisotopic (exact) mass is 375 g/mol. The molecule has 0 atom stereocenters. The van der Waals surface area contributed by atoms with Crippen molar-refractivity contribution in [3.8, 4) is 0 Å². The Kier molecular flexibility index (Phi) is 5.06. The van der Waals surface area contributed by atoms with Gasteiger partial charge < -0.3 is 15.1 Å². The second-order valence-electron chi connectivity index (χ2n) is 7.09. The Balaban J connectivity index is 1.49. The summed E-state index contributed by atoms with van der Waals surface area (Å²) in [5.41, 5.74) is 4.46. The van der Waals surface area contributed by atoms with E-state index in [2.05, 4.69) is 56.0 Å². The number of aryl methyl sites for hydroxylation is 2. The van der Waals surface area contributed by atoms with Gasteiger partial charge in [-0.2, -0.15) is 4.98 Å². The van der Waals surface area contributed by atoms with E-state index in [-0.39, 0.29) is 0 Å². The van der Waals surface area contributed by atoms with E-state index in [0.717, 1.165) is 49.3 Å². The predicted octanol–water partition coefficient (Wildman–Crippen LogP) is 3.26. The van der Waals surface area contributed by atoms with Crippen LogP contribution in [0.25, 0.3) is 0 Å². The Morgan fingerprint density at radius 3 is 2.32 bits per heavy atom. The molecule has 0 amide bonds. The molecule has 3 aromatic rings. The minimum absolute atomic E-state index is 0.637. The standard InChI is InChI=1S/C21H25N7/c1-15-6-4-7-18(17(15)3)25-20-24-16(2)14-19(26-20)27-10-12-28(13-11-27)21-22-8-5-9-23-21/h4-9,14H,10-13H2,1-3H3,(H,24,25,26). The zero-order valence-corrected chi connectivity index (χ0v) is 16.6. The second kappa shape index (κ2) is 7.80. The first kappa shape index (κ1) is 18.2. The van der Waals surface area contributed by atoms with Crippen molar-refractivity contribution < 1.29 is 0 Å². The molecule has 1 aliphatic rings. The quantitative estimate of drug-likeness (QED) is 0.750. The molecule has 0 radical (unpaired) electrons. The van der Waals surface area contributed by atoms with Gasteiger partial charge in [-0.25, -0.2) is 15.0 Å². The minimum atomic E-state index is 0.637. The van der Waals surface area contributed by atoms with Crippen molar-refractivity contribution in [3.63, 3.8) is 0 Å². The van der Waals surface area contributed by atoms with E-state index in [0.29, 0.717) is 5.95 Å². The molecule has 0 bridgehead atoms. The number of rotatable bonds is 4. The molecule has 1 N–H and O–H groups in total. The molecule has 144 valence electrons. The van der Waals surface area contributed by atoms with Crippen LogP contribution in [-0.4, -0.2) is 46.1 Å². The first-order valence-corrected chi connectivity index (χ1v) is 9.56. The van der Waals surface area contributed by atoms with Crippen LogP contribution in [0, 0.1) is 20.8 Å². The maximum Gasteiger partial charge on any atom is 0.229 e. The Morgan fingerprint density at radius 1 is 0.857 bits per heavy atom. The van der Waals surface area contributed by atoms with Gasteiger partial charge in [0, 0.05) is 56.0 Å². The largest absolute Gasteiger partial charge is 0.353 e. The van der Waals surface area contributed by atoms with Crippen LogP contribution in [0.4, 0.5) is 23.4 Å². The lowest BCUT2D eigenvalue weighted by Gasteiger charge is -2.35. The highest BCUT2D eigenvalue weighted by Crippen LogP contribution is 2.23. The predicted molar refractivity (Wildman–Crippen MR) is 112 cm³/mol. The number of piperazine rings is 1. The van der Waals surface area contributed by atoms with Crippen molar-refractivity contribution in [3.05, 3.63) is 59.5 Å². The number of nitrogens with one attached hydrogen (secondary N) is 1. The molecule has 7 heteroatoms. The van der Waals surface area contributed by atoms with Crippen molar-refractivity contribution in [2.75, 3.05) is 41.3 Å². The summed E-state index contributed by atoms with van der Waals surface area (Å²) in [6.07, 6.45) is 3.57. The van der Waals surface area contributed by atoms with Crippen molar-refractivity contribution >= 4 is 23.4 Å². The molecule has 0 saturated carbocycles. The molecule has 0 spiro atoms. The van der Waals surface area contributed by atoms with Gasteiger partial charge in [0.25, 0.3) is 0 Å². The zero-order chi connectivity index (χ0) is 19.5. The molecule has 4 rings (SSSR count). The smallest absolute Gasteiger partial charge is 0.229 e. The highest BCUT2D eigenvalue weighted by Gasteiger charge is 2.20. The van der Waals surface area contributed by atoms with E-state index in [4.69, 9.17) is 4.98 Å². The topological polar surface area (TPSA) is 70.1 Å². The third-order valence-corrected chi connectivity index (χ3v) is 5.13. The van der Waals surface area contributed by atoms with Gasteiger partial charge in [0.05, 0.1) is 0 Å². The van der Waals surface area contributed by atoms with Crippen LogP contribution in [0.2, 0.25) is 0 Å². The number of hydrogen-bond acceptors (Lipinski definition) is 7. The van der Waals surface area contributed by atoms with Crippen LogP contribution < -0.4 is 15.1 Å². The van der Waals surface area contributed by atoms with Gasteiger partial charge in [-0.3, -0.25) is 0 Å². The highest BCUT2D eigenvalue weighted by atomic mass is 15.3. The van der Waals surface area contributed by atoms with Gasteiger partial charge in [0.1, 0.15) is 5.82 Å². The lowest BCUT2D eigenvalue weighted by atomic mass is 10.1. The van der Waals surface area contributed by atoms with Crippen molar-refractivity contribution in [1.29, 1.82) is 0 Å². The summed E-state index contributed by atoms with van der Waals surface area (Å²) in [5, 5.41) is 3.39. The Bertz CT molecular complexity index is 950. The summed E-state index contributed by atoms with van der Waals surface area (Å²) in [5.74, 6) is 2.38. The van der Waals surface area contributed by atoms with Gasteiger partial charge in [-0.05, 0) is 44.0 Å². The average molecular weight is 375 g/mol. The van der Waals surface area contributed by atoms with Crippen molar-refractivity contribution in [2.45, 2.75) is 20.8 Å². The molecule has 0 aliphatic carbocycles. The van der Waals surface area contributed by atoms with Gasteiger partial charge in [-0.15, -0.1) is 0 Å². The molecule has 0 unspecified atom stereocenters. The first-order valence-electron chi connectivity index (χ1n) is 9.56. The van der Waals surface area contributed by atoms with Crippen LogP contribution in [0.3, 0.4) is 0 Å². The molecular formula is C21H25N7. The lowest BCUT2D eigenvalue weighted by molar-refractivity contribution is 0.634. The molecule has 7 nitrogen and oxygen atoms in total. The number of aromatic nitrogens is 4. The summed E-state index contributed by atoms with van der Waals surface area (Å²) < 4.78 is 0. The third-order valence-electron chi connectivity index (χ3n) is 5.13. The van der Waals surface area contributed by atoms with E-state index >= 15 is 0 Å². The van der Waals surface area contributed by atoms with Crippen LogP contribution in [0.15, 0.2) is 42.7 Å². The Hall–Kier alpha value is -3.22. The second-order valence-corrected chi connectivity index (χ2v) is 7.09. The normalized spacial score (nSPS) is 14.2. The fourth-order valence-electron chi connectivity index (χ4n) is 3.37. The molecule has 1 saturated heterocycles. The summed E-state index contributed by atoms with van der Waals surface area (Å²) in [4.78, 5) is 22.6. The lowest BCUT2D eigenvalue weighted by Crippen LogP contribution is -2.47. The van der Waals surface area contributed by atoms with E-state index in [1.54, 1.807) is 12.4 Å². The average Bonchev–Trinajstić information content (AvgIpc) is 2.72. The van der Waals surface area contributed by atoms with Crippen molar-refractivity contribution in [2.24, 2.45) is 0 Å². The molecule has 2 aromatic heterocycles. The molecule has 1 aliphatic heterocycles. The van der Waals surface area contributed by atoms with E-state index in [1.165, 1.54) is 11.1 Å². The Morgan fingerprint density at radius 2 is 1.57 bits per heavy atom. The summed E-state index contributed by atoms with van der Waals surface area (Å²) in [6, 6.07) is 10.1. The van der Waals surface area contributed by atoms with Gasteiger partial charge in [0.2, 0.25) is 11.9 Å². The van der Waals surface area contributed by atoms with Gasteiger partial charge in [-0.1, -0.05) is 12.1 Å². The Labute approximate surface area is 165 Å². The first-order chi connectivity index (χ1) is 13.6. The summed E-state index contributed by atoms with van der Waals surface area (Å²) in [6.45, 7) is 9.71. The number of anilines is 4. The van der Waals surface area contributed by atoms with E-state index in [9.17, 15) is 0 Å². The van der Waals surface area contributed by atoms with Gasteiger partial charge >= 0.3 is 0 Å². The van der Waals surface area contributed by atoms with Crippen molar-refractivity contribution in [1.82, 2.24) is 19.9 Å².